The van der Waals surface area contributed by atoms with Gasteiger partial charge in [-0.15, -0.1) is 0 Å². The Labute approximate surface area is 173 Å². The molecule has 0 bridgehead atoms. The highest BCUT2D eigenvalue weighted by Crippen LogP contribution is 2.33. The van der Waals surface area contributed by atoms with Gasteiger partial charge in [-0.05, 0) is 54.7 Å². The summed E-state index contributed by atoms with van der Waals surface area (Å²) in [6, 6.07) is 24.4. The molecule has 29 heavy (non-hydrogen) atoms. The van der Waals surface area contributed by atoms with Crippen LogP contribution in [0.3, 0.4) is 0 Å². The first-order valence-corrected chi connectivity index (χ1v) is 10.4. The molecule has 1 saturated heterocycles. The molecule has 2 nitrogen and oxygen atoms in total. The first kappa shape index (κ1) is 19.8. The third-order valence-electron chi connectivity index (χ3n) is 5.82. The zero-order valence-corrected chi connectivity index (χ0v) is 17.3. The SMILES string of the molecule is Cc1cccc(CN2CCCN(Cc3ccc(F)cc3)C2c2ccccc2C)c1. The maximum atomic E-state index is 13.4. The summed E-state index contributed by atoms with van der Waals surface area (Å²) in [6.45, 7) is 8.22. The number of nitrogens with zero attached hydrogens (tertiary/aromatic N) is 2. The Morgan fingerprint density at radius 1 is 0.793 bits per heavy atom. The van der Waals surface area contributed by atoms with Gasteiger partial charge in [0.15, 0.2) is 0 Å². The van der Waals surface area contributed by atoms with E-state index in [1.807, 2.05) is 12.1 Å². The molecule has 1 atom stereocenters. The molecule has 1 aliphatic rings. The van der Waals surface area contributed by atoms with Crippen molar-refractivity contribution in [3.05, 3.63) is 106 Å². The van der Waals surface area contributed by atoms with Crippen LogP contribution >= 0.6 is 0 Å². The number of halogens is 1. The van der Waals surface area contributed by atoms with E-state index >= 15 is 0 Å². The average Bonchev–Trinajstić information content (AvgIpc) is 2.71. The van der Waals surface area contributed by atoms with Crippen molar-refractivity contribution in [2.45, 2.75) is 39.5 Å². The van der Waals surface area contributed by atoms with Crippen LogP contribution in [0.1, 0.15) is 40.4 Å². The minimum Gasteiger partial charge on any atom is -0.280 e. The van der Waals surface area contributed by atoms with Crippen molar-refractivity contribution in [3.63, 3.8) is 0 Å². The number of benzene rings is 3. The van der Waals surface area contributed by atoms with E-state index in [9.17, 15) is 4.39 Å². The molecule has 0 amide bonds. The van der Waals surface area contributed by atoms with Crippen LogP contribution in [-0.4, -0.2) is 22.9 Å². The van der Waals surface area contributed by atoms with Crippen molar-refractivity contribution in [1.82, 2.24) is 9.80 Å². The molecule has 150 valence electrons. The number of hydrogen-bond acceptors (Lipinski definition) is 2. The molecule has 1 fully saturated rings. The van der Waals surface area contributed by atoms with Crippen molar-refractivity contribution < 1.29 is 4.39 Å². The highest BCUT2D eigenvalue weighted by atomic mass is 19.1. The van der Waals surface area contributed by atoms with Crippen LogP contribution in [0.2, 0.25) is 0 Å². The molecule has 1 heterocycles. The monoisotopic (exact) mass is 388 g/mol. The molecule has 0 saturated carbocycles. The Bertz CT molecular complexity index is 951. The van der Waals surface area contributed by atoms with Gasteiger partial charge >= 0.3 is 0 Å². The van der Waals surface area contributed by atoms with Crippen LogP contribution in [0.25, 0.3) is 0 Å². The van der Waals surface area contributed by atoms with Crippen molar-refractivity contribution >= 4 is 0 Å². The van der Waals surface area contributed by atoms with Gasteiger partial charge in [0.05, 0.1) is 6.17 Å². The minimum atomic E-state index is -0.177. The Morgan fingerprint density at radius 3 is 2.17 bits per heavy atom. The van der Waals surface area contributed by atoms with Gasteiger partial charge in [0.2, 0.25) is 0 Å². The summed E-state index contributed by atoms with van der Waals surface area (Å²) >= 11 is 0. The molecule has 3 heteroatoms. The highest BCUT2D eigenvalue weighted by Gasteiger charge is 2.31. The Balaban J connectivity index is 1.66. The second-order valence-corrected chi connectivity index (χ2v) is 8.14. The normalized spacial score (nSPS) is 18.1. The molecule has 1 unspecified atom stereocenters. The quantitative estimate of drug-likeness (QED) is 0.541. The fraction of sp³-hybridized carbons (Fsp3) is 0.308. The molecule has 3 aromatic rings. The summed E-state index contributed by atoms with van der Waals surface area (Å²) in [5, 5.41) is 0. The molecule has 0 spiro atoms. The smallest absolute Gasteiger partial charge is 0.123 e. The van der Waals surface area contributed by atoms with Gasteiger partial charge in [0.1, 0.15) is 5.82 Å². The lowest BCUT2D eigenvalue weighted by Gasteiger charge is -2.45. The lowest BCUT2D eigenvalue weighted by Crippen LogP contribution is -2.47. The summed E-state index contributed by atoms with van der Waals surface area (Å²) in [7, 11) is 0. The van der Waals surface area contributed by atoms with Crippen molar-refractivity contribution in [2.75, 3.05) is 13.1 Å². The fourth-order valence-corrected chi connectivity index (χ4v) is 4.42. The van der Waals surface area contributed by atoms with Crippen LogP contribution in [0.5, 0.6) is 0 Å². The molecule has 0 radical (unpaired) electrons. The van der Waals surface area contributed by atoms with E-state index in [0.29, 0.717) is 0 Å². The van der Waals surface area contributed by atoms with Crippen molar-refractivity contribution in [1.29, 1.82) is 0 Å². The molecular weight excluding hydrogens is 359 g/mol. The highest BCUT2D eigenvalue weighted by molar-refractivity contribution is 5.30. The first-order chi connectivity index (χ1) is 14.1. The third kappa shape index (κ3) is 4.75. The zero-order chi connectivity index (χ0) is 20.2. The summed E-state index contributed by atoms with van der Waals surface area (Å²) in [6.07, 6.45) is 1.35. The van der Waals surface area contributed by atoms with E-state index in [0.717, 1.165) is 38.2 Å². The maximum absolute atomic E-state index is 13.4. The molecule has 0 aliphatic carbocycles. The van der Waals surface area contributed by atoms with Crippen LogP contribution < -0.4 is 0 Å². The lowest BCUT2D eigenvalue weighted by molar-refractivity contribution is -0.00946. The Kier molecular flexibility index (Phi) is 6.08. The maximum Gasteiger partial charge on any atom is 0.123 e. The molecule has 4 rings (SSSR count). The molecule has 1 aliphatic heterocycles. The van der Waals surface area contributed by atoms with Crippen LogP contribution in [0.4, 0.5) is 4.39 Å². The number of aryl methyl sites for hydroxylation is 2. The third-order valence-corrected chi connectivity index (χ3v) is 5.82. The first-order valence-electron chi connectivity index (χ1n) is 10.4. The van der Waals surface area contributed by atoms with E-state index < -0.39 is 0 Å². The van der Waals surface area contributed by atoms with Gasteiger partial charge in [-0.1, -0.05) is 66.2 Å². The summed E-state index contributed by atoms with van der Waals surface area (Å²) in [5.41, 5.74) is 6.49. The second kappa shape index (κ2) is 8.89. The van der Waals surface area contributed by atoms with E-state index in [1.165, 1.54) is 22.3 Å². The standard InChI is InChI=1S/C26H29FN2/c1-20-7-5-9-23(17-20)19-29-16-6-15-28(18-22-11-13-24(27)14-12-22)26(29)25-10-4-3-8-21(25)2/h3-5,7-14,17,26H,6,15-16,18-19H2,1-2H3. The van der Waals surface area contributed by atoms with E-state index in [-0.39, 0.29) is 12.0 Å². The predicted molar refractivity (Wildman–Crippen MR) is 117 cm³/mol. The number of hydrogen-bond donors (Lipinski definition) is 0. The van der Waals surface area contributed by atoms with Crippen LogP contribution in [0, 0.1) is 19.7 Å². The van der Waals surface area contributed by atoms with Gasteiger partial charge in [-0.3, -0.25) is 9.80 Å². The van der Waals surface area contributed by atoms with E-state index in [2.05, 4.69) is 72.2 Å². The van der Waals surface area contributed by atoms with Crippen LogP contribution in [0.15, 0.2) is 72.8 Å². The predicted octanol–water partition coefficient (Wildman–Crippen LogP) is 5.85. The number of rotatable bonds is 5. The fourth-order valence-electron chi connectivity index (χ4n) is 4.42. The van der Waals surface area contributed by atoms with Gasteiger partial charge < -0.3 is 0 Å². The molecular formula is C26H29FN2. The van der Waals surface area contributed by atoms with Gasteiger partial charge in [0, 0.05) is 26.2 Å². The topological polar surface area (TPSA) is 6.48 Å². The molecule has 0 N–H and O–H groups in total. The summed E-state index contributed by atoms with van der Waals surface area (Å²) in [4.78, 5) is 5.12. The Hall–Kier alpha value is -2.49. The summed E-state index contributed by atoms with van der Waals surface area (Å²) < 4.78 is 13.4. The average molecular weight is 389 g/mol. The van der Waals surface area contributed by atoms with E-state index in [4.69, 9.17) is 0 Å². The largest absolute Gasteiger partial charge is 0.280 e. The summed E-state index contributed by atoms with van der Waals surface area (Å²) in [5.74, 6) is -0.177. The minimum absolute atomic E-state index is 0.177. The van der Waals surface area contributed by atoms with Crippen molar-refractivity contribution in [2.24, 2.45) is 0 Å². The lowest BCUT2D eigenvalue weighted by atomic mass is 10.00. The van der Waals surface area contributed by atoms with Gasteiger partial charge in [0.25, 0.3) is 0 Å². The zero-order valence-electron chi connectivity index (χ0n) is 17.3. The van der Waals surface area contributed by atoms with Gasteiger partial charge in [-0.25, -0.2) is 4.39 Å². The van der Waals surface area contributed by atoms with E-state index in [1.54, 1.807) is 12.1 Å². The molecule has 0 aromatic heterocycles. The Morgan fingerprint density at radius 2 is 1.48 bits per heavy atom. The molecule has 3 aromatic carbocycles. The van der Waals surface area contributed by atoms with Crippen molar-refractivity contribution in [3.8, 4) is 0 Å². The second-order valence-electron chi connectivity index (χ2n) is 8.14. The van der Waals surface area contributed by atoms with Gasteiger partial charge in [-0.2, -0.15) is 0 Å². The van der Waals surface area contributed by atoms with Crippen LogP contribution in [-0.2, 0) is 13.1 Å².